The first-order valence-corrected chi connectivity index (χ1v) is 3.48. The Morgan fingerprint density at radius 2 is 2.36 bits per heavy atom. The van der Waals surface area contributed by atoms with Crippen molar-refractivity contribution in [3.05, 3.63) is 23.4 Å². The molecule has 11 heavy (non-hydrogen) atoms. The molecule has 0 spiro atoms. The van der Waals surface area contributed by atoms with E-state index in [1.807, 2.05) is 6.08 Å². The number of carbonyl (C=O) groups excluding carboxylic acids is 1. The molecule has 0 aliphatic heterocycles. The highest BCUT2D eigenvalue weighted by atomic mass is 16.5. The minimum Gasteiger partial charge on any atom is -0.493 e. The van der Waals surface area contributed by atoms with E-state index in [4.69, 9.17) is 12.6 Å². The van der Waals surface area contributed by atoms with Crippen LogP contribution in [0.5, 0.6) is 0 Å². The molecule has 1 aliphatic rings. The zero-order valence-corrected chi connectivity index (χ0v) is 6.46. The normalized spacial score (nSPS) is 18.5. The first-order chi connectivity index (χ1) is 5.24. The van der Waals surface area contributed by atoms with Gasteiger partial charge in [0.15, 0.2) is 11.5 Å². The summed E-state index contributed by atoms with van der Waals surface area (Å²) in [7, 11) is 6.99. The fourth-order valence-electron chi connectivity index (χ4n) is 0.957. The van der Waals surface area contributed by atoms with E-state index < -0.39 is 0 Å². The van der Waals surface area contributed by atoms with Gasteiger partial charge in [0.05, 0.1) is 7.11 Å². The molecule has 2 nitrogen and oxygen atoms in total. The maximum Gasteiger partial charge on any atom is 0.197 e. The first kappa shape index (κ1) is 8.11. The van der Waals surface area contributed by atoms with E-state index in [1.165, 1.54) is 7.11 Å². The summed E-state index contributed by atoms with van der Waals surface area (Å²) in [5, 5.41) is 0. The van der Waals surface area contributed by atoms with Gasteiger partial charge in [-0.25, -0.2) is 0 Å². The molecule has 0 bridgehead atoms. The summed E-state index contributed by atoms with van der Waals surface area (Å²) in [6, 6.07) is 0. The van der Waals surface area contributed by atoms with Crippen molar-refractivity contribution in [1.82, 2.24) is 0 Å². The first-order valence-electron chi connectivity index (χ1n) is 3.48. The second kappa shape index (κ2) is 3.42. The lowest BCUT2D eigenvalue weighted by atomic mass is 9.95. The molecule has 1 aliphatic carbocycles. The Labute approximate surface area is 67.3 Å². The maximum atomic E-state index is 11.1. The van der Waals surface area contributed by atoms with Crippen molar-refractivity contribution >= 4 is 13.6 Å². The van der Waals surface area contributed by atoms with Crippen LogP contribution in [-0.2, 0) is 9.53 Å². The summed E-state index contributed by atoms with van der Waals surface area (Å²) in [5.41, 5.74) is 0.604. The van der Waals surface area contributed by atoms with Gasteiger partial charge in [0, 0.05) is 6.42 Å². The van der Waals surface area contributed by atoms with E-state index in [-0.39, 0.29) is 5.78 Å². The second-order valence-corrected chi connectivity index (χ2v) is 2.38. The van der Waals surface area contributed by atoms with Crippen LogP contribution in [0.3, 0.4) is 0 Å². The van der Waals surface area contributed by atoms with Gasteiger partial charge in [-0.2, -0.15) is 0 Å². The summed E-state index contributed by atoms with van der Waals surface area (Å²) in [4.78, 5) is 11.1. The Hall–Kier alpha value is -0.985. The number of Topliss-reactive ketones (excluding diaryl/α,β-unsaturated/α-hetero) is 1. The summed E-state index contributed by atoms with van der Waals surface area (Å²) in [5.74, 6) is 0.375. The van der Waals surface area contributed by atoms with Crippen LogP contribution in [0.1, 0.15) is 12.8 Å². The number of carbonyl (C=O) groups is 1. The van der Waals surface area contributed by atoms with Gasteiger partial charge in [-0.3, -0.25) is 4.79 Å². The standard InChI is InChI=1S/C8H9BO2/c1-11-8-5-6(9)3-2-4-7(8)10/h3,5H,2,4H2,1H3. The van der Waals surface area contributed by atoms with Gasteiger partial charge in [-0.15, -0.1) is 0 Å². The maximum absolute atomic E-state index is 11.1. The number of methoxy groups -OCH3 is 1. The summed E-state index contributed by atoms with van der Waals surface area (Å²) < 4.78 is 4.84. The van der Waals surface area contributed by atoms with E-state index in [2.05, 4.69) is 0 Å². The number of ether oxygens (including phenoxy) is 1. The monoisotopic (exact) mass is 148 g/mol. The van der Waals surface area contributed by atoms with Gasteiger partial charge >= 0.3 is 0 Å². The Balaban J connectivity index is 2.85. The van der Waals surface area contributed by atoms with Gasteiger partial charge in [0.1, 0.15) is 7.85 Å². The highest BCUT2D eigenvalue weighted by molar-refractivity contribution is 6.24. The molecule has 0 fully saturated rings. The van der Waals surface area contributed by atoms with Crippen molar-refractivity contribution in [1.29, 1.82) is 0 Å². The van der Waals surface area contributed by atoms with Crippen molar-refractivity contribution in [2.24, 2.45) is 0 Å². The molecular weight excluding hydrogens is 139 g/mol. The van der Waals surface area contributed by atoms with Crippen LogP contribution >= 0.6 is 0 Å². The molecule has 0 aromatic rings. The zero-order chi connectivity index (χ0) is 8.27. The van der Waals surface area contributed by atoms with Gasteiger partial charge in [-0.1, -0.05) is 11.5 Å². The third kappa shape index (κ3) is 1.97. The van der Waals surface area contributed by atoms with Crippen LogP contribution in [0.4, 0.5) is 0 Å². The highest BCUT2D eigenvalue weighted by Crippen LogP contribution is 2.12. The number of ketones is 1. The smallest absolute Gasteiger partial charge is 0.197 e. The molecule has 0 aromatic carbocycles. The molecule has 0 N–H and O–H groups in total. The molecule has 2 radical (unpaired) electrons. The molecule has 0 saturated carbocycles. The molecule has 1 rings (SSSR count). The zero-order valence-electron chi connectivity index (χ0n) is 6.46. The van der Waals surface area contributed by atoms with Crippen LogP contribution < -0.4 is 0 Å². The van der Waals surface area contributed by atoms with Crippen LogP contribution in [-0.4, -0.2) is 20.7 Å². The number of rotatable bonds is 1. The molecule has 0 unspecified atom stereocenters. The van der Waals surface area contributed by atoms with Crippen LogP contribution in [0.2, 0.25) is 0 Å². The fraction of sp³-hybridized carbons (Fsp3) is 0.375. The van der Waals surface area contributed by atoms with Gasteiger partial charge in [-0.05, 0) is 12.5 Å². The lowest BCUT2D eigenvalue weighted by Crippen LogP contribution is -2.02. The van der Waals surface area contributed by atoms with Crippen LogP contribution in [0.25, 0.3) is 0 Å². The molecule has 0 saturated heterocycles. The predicted octanol–water partition coefficient (Wildman–Crippen LogP) is 0.932. The van der Waals surface area contributed by atoms with E-state index in [9.17, 15) is 4.79 Å². The molecular formula is C8H9BO2. The number of hydrogen-bond acceptors (Lipinski definition) is 2. The minimum atomic E-state index is 0.0178. The SMILES string of the molecule is [B]C1=CCCC(=O)C(OC)=C1. The quantitative estimate of drug-likeness (QED) is 0.517. The van der Waals surface area contributed by atoms with Crippen LogP contribution in [0.15, 0.2) is 23.4 Å². The van der Waals surface area contributed by atoms with Gasteiger partial charge in [0.2, 0.25) is 0 Å². The molecule has 3 heteroatoms. The van der Waals surface area contributed by atoms with Crippen molar-refractivity contribution in [3.63, 3.8) is 0 Å². The molecule has 0 atom stereocenters. The minimum absolute atomic E-state index is 0.0178. The second-order valence-electron chi connectivity index (χ2n) is 2.38. The Bertz CT molecular complexity index is 228. The fourth-order valence-corrected chi connectivity index (χ4v) is 0.957. The topological polar surface area (TPSA) is 26.3 Å². The van der Waals surface area contributed by atoms with Crippen molar-refractivity contribution in [2.75, 3.05) is 7.11 Å². The lowest BCUT2D eigenvalue weighted by molar-refractivity contribution is -0.118. The van der Waals surface area contributed by atoms with Crippen molar-refractivity contribution < 1.29 is 9.53 Å². The lowest BCUT2D eigenvalue weighted by Gasteiger charge is -2.00. The predicted molar refractivity (Wildman–Crippen MR) is 43.2 cm³/mol. The van der Waals surface area contributed by atoms with E-state index >= 15 is 0 Å². The van der Waals surface area contributed by atoms with Gasteiger partial charge < -0.3 is 4.74 Å². The molecule has 0 amide bonds. The van der Waals surface area contributed by atoms with Crippen LogP contribution in [0, 0.1) is 0 Å². The largest absolute Gasteiger partial charge is 0.493 e. The van der Waals surface area contributed by atoms with Crippen molar-refractivity contribution in [2.45, 2.75) is 12.8 Å². The Morgan fingerprint density at radius 3 is 3.00 bits per heavy atom. The molecule has 0 aromatic heterocycles. The van der Waals surface area contributed by atoms with E-state index in [1.54, 1.807) is 6.08 Å². The number of allylic oxidation sites excluding steroid dienone is 4. The average molecular weight is 148 g/mol. The number of hydrogen-bond donors (Lipinski definition) is 0. The van der Waals surface area contributed by atoms with Gasteiger partial charge in [0.25, 0.3) is 0 Å². The Kier molecular flexibility index (Phi) is 2.52. The Morgan fingerprint density at radius 1 is 1.64 bits per heavy atom. The summed E-state index contributed by atoms with van der Waals surface area (Å²) >= 11 is 0. The molecule has 0 heterocycles. The van der Waals surface area contributed by atoms with E-state index in [0.717, 1.165) is 0 Å². The highest BCUT2D eigenvalue weighted by Gasteiger charge is 2.10. The van der Waals surface area contributed by atoms with Crippen molar-refractivity contribution in [3.8, 4) is 0 Å². The average Bonchev–Trinajstić information content (AvgIpc) is 2.13. The summed E-state index contributed by atoms with van der Waals surface area (Å²) in [6.45, 7) is 0. The summed E-state index contributed by atoms with van der Waals surface area (Å²) in [6.07, 6.45) is 4.58. The van der Waals surface area contributed by atoms with E-state index in [0.29, 0.717) is 24.1 Å². The third-order valence-electron chi connectivity index (χ3n) is 1.54. The third-order valence-corrected chi connectivity index (χ3v) is 1.54. The molecule has 56 valence electrons.